The monoisotopic (exact) mass is 143 g/mol. The summed E-state index contributed by atoms with van der Waals surface area (Å²) in [7, 11) is 0. The lowest BCUT2D eigenvalue weighted by Gasteiger charge is -2.03. The maximum Gasteiger partial charge on any atom is 0.139 e. The predicted molar refractivity (Wildman–Crippen MR) is 40.2 cm³/mol. The maximum absolute atomic E-state index is 10.1. The van der Waals surface area contributed by atoms with Gasteiger partial charge in [-0.1, -0.05) is 26.3 Å². The summed E-state index contributed by atoms with van der Waals surface area (Å²) in [6.07, 6.45) is 3.36. The average Bonchev–Trinajstić information content (AvgIpc) is 1.98. The second-order valence-corrected chi connectivity index (χ2v) is 2.24. The van der Waals surface area contributed by atoms with Gasteiger partial charge in [-0.15, -0.1) is 0 Å². The molecule has 0 fully saturated rings. The lowest BCUT2D eigenvalue weighted by atomic mass is 10.3. The van der Waals surface area contributed by atoms with Crippen molar-refractivity contribution in [1.29, 1.82) is 0 Å². The number of hydrogen-bond donors (Lipinski definition) is 0. The highest BCUT2D eigenvalue weighted by molar-refractivity contribution is 4.79. The summed E-state index contributed by atoms with van der Waals surface area (Å²) in [4.78, 5) is 0. The summed E-state index contributed by atoms with van der Waals surface area (Å²) in [5.41, 5.74) is 0. The Morgan fingerprint density at radius 1 is 1.50 bits per heavy atom. The van der Waals surface area contributed by atoms with Crippen LogP contribution in [-0.4, -0.2) is 13.2 Å². The molecule has 2 heteroatoms. The summed E-state index contributed by atoms with van der Waals surface area (Å²) in [6, 6.07) is 0. The topological polar surface area (TPSA) is 29.1 Å². The summed E-state index contributed by atoms with van der Waals surface area (Å²) in [5, 5.41) is 10.1. The van der Waals surface area contributed by atoms with Gasteiger partial charge in [0.25, 0.3) is 0 Å². The van der Waals surface area contributed by atoms with Crippen LogP contribution >= 0.6 is 0 Å². The van der Waals surface area contributed by atoms with E-state index in [1.165, 1.54) is 6.42 Å². The quantitative estimate of drug-likeness (QED) is 0.413. The first kappa shape index (κ1) is 9.50. The van der Waals surface area contributed by atoms with Crippen LogP contribution in [0.15, 0.2) is 12.3 Å². The number of rotatable bonds is 6. The molecule has 0 amide bonds. The molecular weight excluding hydrogens is 128 g/mol. The first-order chi connectivity index (χ1) is 4.81. The van der Waals surface area contributed by atoms with Crippen molar-refractivity contribution >= 4 is 0 Å². The molecule has 0 aliphatic carbocycles. The van der Waals surface area contributed by atoms with Gasteiger partial charge in [0.15, 0.2) is 0 Å². The van der Waals surface area contributed by atoms with Gasteiger partial charge in [0, 0.05) is 0 Å². The SMILES string of the molecule is C=C(C[O])OCCCCC. The van der Waals surface area contributed by atoms with Crippen LogP contribution in [0.4, 0.5) is 0 Å². The Hall–Kier alpha value is -0.500. The van der Waals surface area contributed by atoms with Gasteiger partial charge in [0.1, 0.15) is 12.4 Å². The van der Waals surface area contributed by atoms with Crippen molar-refractivity contribution in [3.05, 3.63) is 12.3 Å². The molecule has 0 aromatic rings. The van der Waals surface area contributed by atoms with Crippen molar-refractivity contribution in [3.8, 4) is 0 Å². The minimum Gasteiger partial charge on any atom is -0.496 e. The van der Waals surface area contributed by atoms with Gasteiger partial charge in [0.2, 0.25) is 0 Å². The molecule has 59 valence electrons. The molecule has 0 rings (SSSR count). The van der Waals surface area contributed by atoms with E-state index < -0.39 is 0 Å². The molecule has 0 N–H and O–H groups in total. The zero-order chi connectivity index (χ0) is 7.82. The molecule has 0 heterocycles. The smallest absolute Gasteiger partial charge is 0.139 e. The average molecular weight is 143 g/mol. The Morgan fingerprint density at radius 3 is 2.70 bits per heavy atom. The second-order valence-electron chi connectivity index (χ2n) is 2.24. The molecule has 0 aliphatic heterocycles. The maximum atomic E-state index is 10.1. The first-order valence-electron chi connectivity index (χ1n) is 3.70. The van der Waals surface area contributed by atoms with Crippen LogP contribution < -0.4 is 0 Å². The highest BCUT2D eigenvalue weighted by Gasteiger charge is 1.91. The molecule has 0 spiro atoms. The van der Waals surface area contributed by atoms with Gasteiger partial charge < -0.3 is 4.74 Å². The van der Waals surface area contributed by atoms with Crippen molar-refractivity contribution in [2.75, 3.05) is 13.2 Å². The normalized spacial score (nSPS) is 9.40. The lowest BCUT2D eigenvalue weighted by molar-refractivity contribution is 0.124. The highest BCUT2D eigenvalue weighted by Crippen LogP contribution is 1.98. The van der Waals surface area contributed by atoms with Gasteiger partial charge in [-0.3, -0.25) is 0 Å². The largest absolute Gasteiger partial charge is 0.496 e. The fourth-order valence-electron chi connectivity index (χ4n) is 0.610. The van der Waals surface area contributed by atoms with E-state index in [0.717, 1.165) is 12.8 Å². The van der Waals surface area contributed by atoms with Gasteiger partial charge in [-0.25, -0.2) is 5.11 Å². The molecule has 0 saturated heterocycles. The molecule has 10 heavy (non-hydrogen) atoms. The van der Waals surface area contributed by atoms with E-state index in [4.69, 9.17) is 4.74 Å². The molecule has 0 aliphatic rings. The molecule has 0 aromatic heterocycles. The zero-order valence-electron chi connectivity index (χ0n) is 6.56. The molecule has 0 unspecified atom stereocenters. The summed E-state index contributed by atoms with van der Waals surface area (Å²) < 4.78 is 4.99. The van der Waals surface area contributed by atoms with Gasteiger partial charge in [-0.05, 0) is 6.42 Å². The van der Waals surface area contributed by atoms with Crippen LogP contribution in [0.1, 0.15) is 26.2 Å². The molecule has 0 aromatic carbocycles. The van der Waals surface area contributed by atoms with E-state index in [1.54, 1.807) is 0 Å². The van der Waals surface area contributed by atoms with Gasteiger partial charge >= 0.3 is 0 Å². The third-order valence-electron chi connectivity index (χ3n) is 1.22. The van der Waals surface area contributed by atoms with E-state index in [9.17, 15) is 5.11 Å². The van der Waals surface area contributed by atoms with E-state index in [-0.39, 0.29) is 6.61 Å². The van der Waals surface area contributed by atoms with Crippen LogP contribution in [0.3, 0.4) is 0 Å². The molecule has 2 nitrogen and oxygen atoms in total. The van der Waals surface area contributed by atoms with Crippen LogP contribution in [0, 0.1) is 0 Å². The fourth-order valence-corrected chi connectivity index (χ4v) is 0.610. The number of hydrogen-bond acceptors (Lipinski definition) is 1. The van der Waals surface area contributed by atoms with Crippen LogP contribution in [-0.2, 0) is 9.84 Å². The zero-order valence-corrected chi connectivity index (χ0v) is 6.56. The summed E-state index contributed by atoms with van der Waals surface area (Å²) in [6.45, 7) is 5.90. The minimum atomic E-state index is -0.313. The third-order valence-corrected chi connectivity index (χ3v) is 1.22. The van der Waals surface area contributed by atoms with E-state index >= 15 is 0 Å². The van der Waals surface area contributed by atoms with E-state index in [0.29, 0.717) is 12.4 Å². The molecule has 0 bridgehead atoms. The Labute approximate surface area is 62.5 Å². The predicted octanol–water partition coefficient (Wildman–Crippen LogP) is 2.14. The van der Waals surface area contributed by atoms with Gasteiger partial charge in [0.05, 0.1) is 6.61 Å². The van der Waals surface area contributed by atoms with Crippen molar-refractivity contribution in [3.63, 3.8) is 0 Å². The standard InChI is InChI=1S/C8H15O2/c1-3-4-5-6-10-8(2)7-9/h2-7H2,1H3. The van der Waals surface area contributed by atoms with Crippen LogP contribution in [0.2, 0.25) is 0 Å². The third kappa shape index (κ3) is 5.63. The van der Waals surface area contributed by atoms with Crippen molar-refractivity contribution in [2.45, 2.75) is 26.2 Å². The molecular formula is C8H15O2. The van der Waals surface area contributed by atoms with Crippen LogP contribution in [0.5, 0.6) is 0 Å². The van der Waals surface area contributed by atoms with Crippen molar-refractivity contribution < 1.29 is 9.84 Å². The highest BCUT2D eigenvalue weighted by atomic mass is 16.5. The molecule has 0 atom stereocenters. The Kier molecular flexibility index (Phi) is 6.29. The second kappa shape index (κ2) is 6.62. The summed E-state index contributed by atoms with van der Waals surface area (Å²) in [5.74, 6) is 0.358. The van der Waals surface area contributed by atoms with E-state index in [2.05, 4.69) is 13.5 Å². The Bertz CT molecular complexity index is 89.3. The first-order valence-corrected chi connectivity index (χ1v) is 3.70. The van der Waals surface area contributed by atoms with E-state index in [1.807, 2.05) is 0 Å². The molecule has 0 saturated carbocycles. The van der Waals surface area contributed by atoms with Gasteiger partial charge in [-0.2, -0.15) is 0 Å². The number of unbranched alkanes of at least 4 members (excludes halogenated alkanes) is 2. The van der Waals surface area contributed by atoms with Crippen molar-refractivity contribution in [1.82, 2.24) is 0 Å². The Morgan fingerprint density at radius 2 is 2.20 bits per heavy atom. The fraction of sp³-hybridized carbons (Fsp3) is 0.750. The summed E-state index contributed by atoms with van der Waals surface area (Å²) >= 11 is 0. The van der Waals surface area contributed by atoms with Crippen molar-refractivity contribution in [2.24, 2.45) is 0 Å². The Balaban J connectivity index is 2.96. The lowest BCUT2D eigenvalue weighted by Crippen LogP contribution is -1.96. The number of ether oxygens (including phenoxy) is 1. The molecule has 1 radical (unpaired) electrons. The minimum absolute atomic E-state index is 0.313. The van der Waals surface area contributed by atoms with Crippen LogP contribution in [0.25, 0.3) is 0 Å².